The van der Waals surface area contributed by atoms with E-state index >= 15 is 0 Å². The standard InChI is InChI=1S/C14H22BrNO/c1-6-14(2,3)16(4)10-11-9-12(17-5)7-8-13(11)15/h7-9H,6,10H2,1-5H3. The van der Waals surface area contributed by atoms with Gasteiger partial charge in [0.2, 0.25) is 0 Å². The summed E-state index contributed by atoms with van der Waals surface area (Å²) in [7, 11) is 3.86. The molecule has 0 bridgehead atoms. The first-order chi connectivity index (χ1) is 7.90. The van der Waals surface area contributed by atoms with Crippen LogP contribution in [-0.2, 0) is 6.54 Å². The van der Waals surface area contributed by atoms with E-state index in [4.69, 9.17) is 4.74 Å². The molecular weight excluding hydrogens is 278 g/mol. The largest absolute Gasteiger partial charge is 0.497 e. The molecule has 3 heteroatoms. The summed E-state index contributed by atoms with van der Waals surface area (Å²) in [6.45, 7) is 7.66. The van der Waals surface area contributed by atoms with Gasteiger partial charge in [0.05, 0.1) is 7.11 Å². The van der Waals surface area contributed by atoms with Crippen molar-refractivity contribution in [1.29, 1.82) is 0 Å². The van der Waals surface area contributed by atoms with Gasteiger partial charge in [-0.15, -0.1) is 0 Å². The summed E-state index contributed by atoms with van der Waals surface area (Å²) in [6, 6.07) is 6.10. The lowest BCUT2D eigenvalue weighted by molar-refractivity contribution is 0.142. The van der Waals surface area contributed by atoms with Crippen LogP contribution in [0.15, 0.2) is 22.7 Å². The van der Waals surface area contributed by atoms with Gasteiger partial charge in [-0.05, 0) is 51.1 Å². The first-order valence-electron chi connectivity index (χ1n) is 5.94. The van der Waals surface area contributed by atoms with Crippen LogP contribution in [0.1, 0.15) is 32.8 Å². The monoisotopic (exact) mass is 299 g/mol. The third-order valence-corrected chi connectivity index (χ3v) is 4.33. The quantitative estimate of drug-likeness (QED) is 0.812. The van der Waals surface area contributed by atoms with E-state index in [0.717, 1.165) is 23.2 Å². The van der Waals surface area contributed by atoms with Gasteiger partial charge in [-0.2, -0.15) is 0 Å². The smallest absolute Gasteiger partial charge is 0.119 e. The molecule has 1 rings (SSSR count). The van der Waals surface area contributed by atoms with E-state index in [9.17, 15) is 0 Å². The third kappa shape index (κ3) is 3.71. The van der Waals surface area contributed by atoms with E-state index in [-0.39, 0.29) is 5.54 Å². The fraction of sp³-hybridized carbons (Fsp3) is 0.571. The van der Waals surface area contributed by atoms with Crippen molar-refractivity contribution in [2.45, 2.75) is 39.3 Å². The van der Waals surface area contributed by atoms with Crippen LogP contribution in [0.4, 0.5) is 0 Å². The van der Waals surface area contributed by atoms with Crippen LogP contribution in [0.5, 0.6) is 5.75 Å². The lowest BCUT2D eigenvalue weighted by atomic mass is 9.99. The molecule has 0 N–H and O–H groups in total. The highest BCUT2D eigenvalue weighted by Crippen LogP contribution is 2.26. The Morgan fingerprint density at radius 3 is 2.53 bits per heavy atom. The highest BCUT2D eigenvalue weighted by atomic mass is 79.9. The molecule has 0 amide bonds. The summed E-state index contributed by atoms with van der Waals surface area (Å²) in [5, 5.41) is 0. The number of hydrogen-bond acceptors (Lipinski definition) is 2. The minimum Gasteiger partial charge on any atom is -0.497 e. The topological polar surface area (TPSA) is 12.5 Å². The maximum atomic E-state index is 5.26. The Morgan fingerprint density at radius 1 is 1.35 bits per heavy atom. The van der Waals surface area contributed by atoms with Crippen molar-refractivity contribution in [3.63, 3.8) is 0 Å². The van der Waals surface area contributed by atoms with Gasteiger partial charge in [0, 0.05) is 16.6 Å². The number of ether oxygens (including phenoxy) is 1. The summed E-state index contributed by atoms with van der Waals surface area (Å²) in [6.07, 6.45) is 1.13. The van der Waals surface area contributed by atoms with E-state index in [1.807, 2.05) is 12.1 Å². The molecule has 0 unspecified atom stereocenters. The van der Waals surface area contributed by atoms with Crippen molar-refractivity contribution >= 4 is 15.9 Å². The van der Waals surface area contributed by atoms with E-state index in [2.05, 4.69) is 54.7 Å². The normalized spacial score (nSPS) is 11.9. The second kappa shape index (κ2) is 5.87. The van der Waals surface area contributed by atoms with Gasteiger partial charge < -0.3 is 4.74 Å². The minimum absolute atomic E-state index is 0.211. The zero-order valence-electron chi connectivity index (χ0n) is 11.4. The Morgan fingerprint density at radius 2 is 2.00 bits per heavy atom. The molecule has 0 saturated carbocycles. The minimum atomic E-state index is 0.211. The Hall–Kier alpha value is -0.540. The third-order valence-electron chi connectivity index (χ3n) is 3.56. The van der Waals surface area contributed by atoms with Crippen LogP contribution in [0.25, 0.3) is 0 Å². The van der Waals surface area contributed by atoms with Crippen molar-refractivity contribution in [1.82, 2.24) is 4.90 Å². The maximum absolute atomic E-state index is 5.26. The first-order valence-corrected chi connectivity index (χ1v) is 6.73. The van der Waals surface area contributed by atoms with Crippen LogP contribution in [0.3, 0.4) is 0 Å². The fourth-order valence-corrected chi connectivity index (χ4v) is 1.91. The molecule has 96 valence electrons. The molecule has 0 aromatic heterocycles. The average Bonchev–Trinajstić information content (AvgIpc) is 2.31. The van der Waals surface area contributed by atoms with Gasteiger partial charge in [-0.3, -0.25) is 4.90 Å². The zero-order valence-corrected chi connectivity index (χ0v) is 13.0. The predicted molar refractivity (Wildman–Crippen MR) is 76.5 cm³/mol. The first kappa shape index (κ1) is 14.5. The molecular formula is C14H22BrNO. The molecule has 0 aliphatic carbocycles. The van der Waals surface area contributed by atoms with E-state index < -0.39 is 0 Å². The lowest BCUT2D eigenvalue weighted by Gasteiger charge is -2.35. The molecule has 0 fully saturated rings. The Balaban J connectivity index is 2.87. The van der Waals surface area contributed by atoms with Crippen molar-refractivity contribution in [3.8, 4) is 5.75 Å². The molecule has 1 aromatic rings. The van der Waals surface area contributed by atoms with Crippen LogP contribution in [0.2, 0.25) is 0 Å². The molecule has 17 heavy (non-hydrogen) atoms. The van der Waals surface area contributed by atoms with Crippen molar-refractivity contribution in [2.24, 2.45) is 0 Å². The number of halogens is 1. The molecule has 1 aromatic carbocycles. The molecule has 0 spiro atoms. The van der Waals surface area contributed by atoms with Crippen LogP contribution in [-0.4, -0.2) is 24.6 Å². The molecule has 0 aliphatic rings. The molecule has 0 saturated heterocycles. The van der Waals surface area contributed by atoms with Gasteiger partial charge in [-0.25, -0.2) is 0 Å². The molecule has 0 atom stereocenters. The molecule has 0 aliphatic heterocycles. The van der Waals surface area contributed by atoms with Gasteiger partial charge in [0.15, 0.2) is 0 Å². The molecule has 0 radical (unpaired) electrons. The van der Waals surface area contributed by atoms with Crippen molar-refractivity contribution in [3.05, 3.63) is 28.2 Å². The van der Waals surface area contributed by atoms with Gasteiger partial charge in [0.25, 0.3) is 0 Å². The highest BCUT2D eigenvalue weighted by Gasteiger charge is 2.21. The maximum Gasteiger partial charge on any atom is 0.119 e. The zero-order chi connectivity index (χ0) is 13.1. The van der Waals surface area contributed by atoms with Crippen molar-refractivity contribution in [2.75, 3.05) is 14.2 Å². The molecule has 0 heterocycles. The summed E-state index contributed by atoms with van der Waals surface area (Å²) < 4.78 is 6.40. The number of methoxy groups -OCH3 is 1. The Bertz CT molecular complexity index is 376. The summed E-state index contributed by atoms with van der Waals surface area (Å²) in [4.78, 5) is 2.37. The second-order valence-corrected chi connectivity index (χ2v) is 5.83. The van der Waals surface area contributed by atoms with E-state index in [0.29, 0.717) is 0 Å². The van der Waals surface area contributed by atoms with Gasteiger partial charge in [-0.1, -0.05) is 22.9 Å². The average molecular weight is 300 g/mol. The van der Waals surface area contributed by atoms with Crippen molar-refractivity contribution < 1.29 is 4.74 Å². The summed E-state index contributed by atoms with van der Waals surface area (Å²) >= 11 is 3.59. The highest BCUT2D eigenvalue weighted by molar-refractivity contribution is 9.10. The van der Waals surface area contributed by atoms with Gasteiger partial charge in [0.1, 0.15) is 5.75 Å². The van der Waals surface area contributed by atoms with Crippen LogP contribution in [0, 0.1) is 0 Å². The summed E-state index contributed by atoms with van der Waals surface area (Å²) in [5.41, 5.74) is 1.47. The Kier molecular flexibility index (Phi) is 5.02. The van der Waals surface area contributed by atoms with E-state index in [1.165, 1.54) is 5.56 Å². The summed E-state index contributed by atoms with van der Waals surface area (Å²) in [5.74, 6) is 0.908. The number of rotatable bonds is 5. The van der Waals surface area contributed by atoms with Crippen LogP contribution < -0.4 is 4.74 Å². The number of hydrogen-bond donors (Lipinski definition) is 0. The second-order valence-electron chi connectivity index (χ2n) is 4.98. The molecule has 2 nitrogen and oxygen atoms in total. The fourth-order valence-electron chi connectivity index (χ4n) is 1.54. The van der Waals surface area contributed by atoms with Gasteiger partial charge >= 0.3 is 0 Å². The van der Waals surface area contributed by atoms with Crippen LogP contribution >= 0.6 is 15.9 Å². The van der Waals surface area contributed by atoms with E-state index in [1.54, 1.807) is 7.11 Å². The lowest BCUT2D eigenvalue weighted by Crippen LogP contribution is -2.39. The number of benzene rings is 1. The Labute approximate surface area is 113 Å². The SMILES string of the molecule is CCC(C)(C)N(C)Cc1cc(OC)ccc1Br. The predicted octanol–water partition coefficient (Wildman–Crippen LogP) is 4.08. The number of nitrogens with zero attached hydrogens (tertiary/aromatic N) is 1.